The number of halogens is 1. The zero-order valence-electron chi connectivity index (χ0n) is 17.4. The first-order chi connectivity index (χ1) is 14.6. The number of hydrogen-bond acceptors (Lipinski definition) is 6. The molecule has 4 rings (SSSR count). The number of ether oxygens (including phenoxy) is 1. The molecule has 3 atom stereocenters. The van der Waals surface area contributed by atoms with Crippen molar-refractivity contribution in [3.8, 4) is 0 Å². The summed E-state index contributed by atoms with van der Waals surface area (Å²) in [6.45, 7) is 6.31. The van der Waals surface area contributed by atoms with Crippen LogP contribution in [0.25, 0.3) is 0 Å². The van der Waals surface area contributed by atoms with Gasteiger partial charge in [0.05, 0.1) is 18.3 Å². The van der Waals surface area contributed by atoms with Crippen molar-refractivity contribution in [1.29, 1.82) is 0 Å². The first-order valence-electron chi connectivity index (χ1n) is 10.8. The number of piperidine rings is 1. The van der Waals surface area contributed by atoms with Crippen LogP contribution in [-0.4, -0.2) is 70.7 Å². The quantitative estimate of drug-likeness (QED) is 0.672. The smallest absolute Gasteiger partial charge is 0.236 e. The predicted molar refractivity (Wildman–Crippen MR) is 114 cm³/mol. The molecule has 2 fully saturated rings. The Hall–Kier alpha value is -1.90. The number of aromatic nitrogens is 2. The van der Waals surface area contributed by atoms with Gasteiger partial charge in [0.1, 0.15) is 5.82 Å². The van der Waals surface area contributed by atoms with Gasteiger partial charge in [-0.15, -0.1) is 5.10 Å². The molecule has 0 spiro atoms. The standard InChI is InChI=1S/C22H29FN4O2S/c1-2-10-29-18-4-3-9-26(11-18)14-22(28)27-12-19(16-5-7-17(23)8-6-16)20(13-27)21-15-30-25-24-21/h5-8,15,18-20H,2-4,9-14H2,1H3/t18?,19-,20+/m0/s1. The van der Waals surface area contributed by atoms with Gasteiger partial charge in [-0.3, -0.25) is 9.69 Å². The zero-order chi connectivity index (χ0) is 20.9. The molecule has 0 N–H and O–H groups in total. The Morgan fingerprint density at radius 1 is 1.23 bits per heavy atom. The summed E-state index contributed by atoms with van der Waals surface area (Å²) in [5, 5.41) is 6.22. The third-order valence-corrected chi connectivity index (χ3v) is 6.63. The van der Waals surface area contributed by atoms with Gasteiger partial charge in [-0.25, -0.2) is 4.39 Å². The topological polar surface area (TPSA) is 58.6 Å². The lowest BCUT2D eigenvalue weighted by molar-refractivity contribution is -0.132. The predicted octanol–water partition coefficient (Wildman–Crippen LogP) is 3.28. The van der Waals surface area contributed by atoms with Crippen LogP contribution in [0.2, 0.25) is 0 Å². The van der Waals surface area contributed by atoms with E-state index in [0.717, 1.165) is 50.2 Å². The number of hydrogen-bond donors (Lipinski definition) is 0. The Morgan fingerprint density at radius 3 is 2.77 bits per heavy atom. The van der Waals surface area contributed by atoms with Crippen molar-refractivity contribution in [1.82, 2.24) is 19.4 Å². The van der Waals surface area contributed by atoms with Gasteiger partial charge >= 0.3 is 0 Å². The van der Waals surface area contributed by atoms with E-state index in [2.05, 4.69) is 21.4 Å². The Kier molecular flexibility index (Phi) is 7.07. The fourth-order valence-corrected chi connectivity index (χ4v) is 5.08. The molecule has 6 nitrogen and oxygen atoms in total. The van der Waals surface area contributed by atoms with E-state index >= 15 is 0 Å². The number of amides is 1. The Labute approximate surface area is 181 Å². The molecule has 3 heterocycles. The van der Waals surface area contributed by atoms with Crippen molar-refractivity contribution >= 4 is 17.4 Å². The van der Waals surface area contributed by atoms with E-state index in [0.29, 0.717) is 19.6 Å². The SMILES string of the molecule is CCCOC1CCCN(CC(=O)N2C[C@@H](c3ccc(F)cc3)[C@H](c3csnn3)C2)C1. The summed E-state index contributed by atoms with van der Waals surface area (Å²) in [5.74, 6) is 0.0750. The molecule has 0 saturated carbocycles. The van der Waals surface area contributed by atoms with Crippen LogP contribution in [-0.2, 0) is 9.53 Å². The van der Waals surface area contributed by atoms with Gasteiger partial charge in [0.2, 0.25) is 5.91 Å². The maximum absolute atomic E-state index is 13.4. The minimum absolute atomic E-state index is 0.0835. The maximum atomic E-state index is 13.4. The molecule has 0 aliphatic carbocycles. The summed E-state index contributed by atoms with van der Waals surface area (Å²) in [4.78, 5) is 17.3. The maximum Gasteiger partial charge on any atom is 0.236 e. The molecule has 1 aromatic carbocycles. The molecule has 162 valence electrons. The van der Waals surface area contributed by atoms with Crippen LogP contribution in [0.4, 0.5) is 4.39 Å². The molecule has 2 saturated heterocycles. The molecule has 1 amide bonds. The number of carbonyl (C=O) groups excluding carboxylic acids is 1. The highest BCUT2D eigenvalue weighted by Crippen LogP contribution is 2.39. The minimum atomic E-state index is -0.249. The highest BCUT2D eigenvalue weighted by atomic mass is 32.1. The van der Waals surface area contributed by atoms with Gasteiger partial charge in [-0.05, 0) is 55.0 Å². The van der Waals surface area contributed by atoms with Crippen molar-refractivity contribution in [2.24, 2.45) is 0 Å². The molecule has 2 aliphatic heterocycles. The van der Waals surface area contributed by atoms with Crippen LogP contribution in [0.5, 0.6) is 0 Å². The van der Waals surface area contributed by atoms with Crippen molar-refractivity contribution in [3.63, 3.8) is 0 Å². The third kappa shape index (κ3) is 5.04. The first-order valence-corrected chi connectivity index (χ1v) is 11.6. The average Bonchev–Trinajstić information content (AvgIpc) is 3.43. The second kappa shape index (κ2) is 9.94. The second-order valence-corrected chi connectivity index (χ2v) is 8.87. The lowest BCUT2D eigenvalue weighted by atomic mass is 9.87. The number of carbonyl (C=O) groups is 1. The van der Waals surface area contributed by atoms with E-state index in [9.17, 15) is 9.18 Å². The summed E-state index contributed by atoms with van der Waals surface area (Å²) in [6, 6.07) is 6.61. The first kappa shape index (κ1) is 21.3. The molecule has 1 unspecified atom stereocenters. The van der Waals surface area contributed by atoms with Gasteiger partial charge in [0.15, 0.2) is 0 Å². The Balaban J connectivity index is 1.42. The number of rotatable bonds is 7. The Bertz CT molecular complexity index is 817. The lowest BCUT2D eigenvalue weighted by Gasteiger charge is -2.33. The number of likely N-dealkylation sites (tertiary alicyclic amines) is 2. The molecular weight excluding hydrogens is 403 g/mol. The molecule has 30 heavy (non-hydrogen) atoms. The van der Waals surface area contributed by atoms with Crippen molar-refractivity contribution < 1.29 is 13.9 Å². The van der Waals surface area contributed by atoms with E-state index < -0.39 is 0 Å². The average molecular weight is 433 g/mol. The van der Waals surface area contributed by atoms with Crippen molar-refractivity contribution in [2.45, 2.75) is 44.1 Å². The van der Waals surface area contributed by atoms with Crippen LogP contribution >= 0.6 is 11.5 Å². The number of benzene rings is 1. The monoisotopic (exact) mass is 432 g/mol. The summed E-state index contributed by atoms with van der Waals surface area (Å²) < 4.78 is 23.3. The fourth-order valence-electron chi connectivity index (χ4n) is 4.56. The largest absolute Gasteiger partial charge is 0.377 e. The van der Waals surface area contributed by atoms with Gasteiger partial charge in [-0.2, -0.15) is 0 Å². The van der Waals surface area contributed by atoms with Crippen LogP contribution in [0.15, 0.2) is 29.6 Å². The van der Waals surface area contributed by atoms with Gasteiger partial charge in [0.25, 0.3) is 0 Å². The normalized spacial score (nSPS) is 25.0. The molecule has 8 heteroatoms. The van der Waals surface area contributed by atoms with Crippen molar-refractivity contribution in [3.05, 3.63) is 46.7 Å². The van der Waals surface area contributed by atoms with Crippen LogP contribution < -0.4 is 0 Å². The molecule has 0 bridgehead atoms. The molecular formula is C22H29FN4O2S. The highest BCUT2D eigenvalue weighted by molar-refractivity contribution is 7.03. The third-order valence-electron chi connectivity index (χ3n) is 6.11. The van der Waals surface area contributed by atoms with Crippen molar-refractivity contribution in [2.75, 3.05) is 39.3 Å². The summed E-state index contributed by atoms with van der Waals surface area (Å²) in [6.07, 6.45) is 3.37. The van der Waals surface area contributed by atoms with E-state index in [-0.39, 0.29) is 29.7 Å². The zero-order valence-corrected chi connectivity index (χ0v) is 18.2. The number of nitrogens with zero attached hydrogens (tertiary/aromatic N) is 4. The summed E-state index contributed by atoms with van der Waals surface area (Å²) >= 11 is 1.32. The molecule has 0 radical (unpaired) electrons. The summed E-state index contributed by atoms with van der Waals surface area (Å²) in [7, 11) is 0. The summed E-state index contributed by atoms with van der Waals surface area (Å²) in [5.41, 5.74) is 1.95. The van der Waals surface area contributed by atoms with Gasteiger partial charge in [0, 0.05) is 43.5 Å². The van der Waals surface area contributed by atoms with Gasteiger partial charge in [-0.1, -0.05) is 23.5 Å². The van der Waals surface area contributed by atoms with E-state index in [1.54, 1.807) is 0 Å². The molecule has 2 aromatic rings. The molecule has 2 aliphatic rings. The highest BCUT2D eigenvalue weighted by Gasteiger charge is 2.39. The van der Waals surface area contributed by atoms with Crippen LogP contribution in [0, 0.1) is 5.82 Å². The minimum Gasteiger partial charge on any atom is -0.377 e. The van der Waals surface area contributed by atoms with Crippen LogP contribution in [0.1, 0.15) is 49.3 Å². The van der Waals surface area contributed by atoms with E-state index in [1.807, 2.05) is 22.4 Å². The molecule has 1 aromatic heterocycles. The Morgan fingerprint density at radius 2 is 2.03 bits per heavy atom. The second-order valence-electron chi connectivity index (χ2n) is 8.26. The fraction of sp³-hybridized carbons (Fsp3) is 0.591. The van der Waals surface area contributed by atoms with E-state index in [4.69, 9.17) is 4.74 Å². The van der Waals surface area contributed by atoms with Crippen LogP contribution in [0.3, 0.4) is 0 Å². The van der Waals surface area contributed by atoms with Gasteiger partial charge < -0.3 is 9.64 Å². The van der Waals surface area contributed by atoms with E-state index in [1.165, 1.54) is 23.7 Å². The lowest BCUT2D eigenvalue weighted by Crippen LogP contribution is -2.45.